The van der Waals surface area contributed by atoms with Gasteiger partial charge in [-0.25, -0.2) is 0 Å². The second kappa shape index (κ2) is 9.91. The Morgan fingerprint density at radius 1 is 1.30 bits per heavy atom. The lowest BCUT2D eigenvalue weighted by molar-refractivity contribution is -0.116. The number of aromatic amines is 1. The molecule has 1 heterocycles. The minimum atomic E-state index is -0.139. The van der Waals surface area contributed by atoms with Crippen LogP contribution in [0.5, 0.6) is 5.75 Å². The van der Waals surface area contributed by atoms with Crippen molar-refractivity contribution in [1.29, 1.82) is 0 Å². The molecule has 0 bridgehead atoms. The molecule has 0 fully saturated rings. The van der Waals surface area contributed by atoms with E-state index in [4.69, 9.17) is 28.6 Å². The Bertz CT molecular complexity index is 1090. The van der Waals surface area contributed by atoms with Crippen LogP contribution in [0.4, 0.5) is 5.69 Å². The first-order valence-corrected chi connectivity index (χ1v) is 10.6. The highest BCUT2D eigenvalue weighted by Gasteiger charge is 2.12. The molecular formula is C22H25ClN4O2S. The smallest absolute Gasteiger partial charge is 0.226 e. The number of amides is 1. The van der Waals surface area contributed by atoms with Crippen molar-refractivity contribution in [3.05, 3.63) is 57.8 Å². The number of benzene rings is 2. The summed E-state index contributed by atoms with van der Waals surface area (Å²) < 4.78 is 7.97. The first-order valence-electron chi connectivity index (χ1n) is 9.78. The standard InChI is InChI=1S/C22H25ClN4O2S/c1-14(2)13-29-19-8-7-17(12-18(19)23)24-20(28)9-10-27-21(25-26-22(27)30)16-6-4-5-15(3)11-16/h4-8,11-12,14H,9-10,13H2,1-3H3,(H,24,28)(H,26,30). The van der Waals surface area contributed by atoms with Crippen LogP contribution in [0.2, 0.25) is 5.02 Å². The number of carbonyl (C=O) groups excluding carboxylic acids is 1. The van der Waals surface area contributed by atoms with E-state index in [9.17, 15) is 4.79 Å². The van der Waals surface area contributed by atoms with Crippen molar-refractivity contribution in [3.8, 4) is 17.1 Å². The number of anilines is 1. The molecule has 0 unspecified atom stereocenters. The normalized spacial score (nSPS) is 11.0. The first kappa shape index (κ1) is 22.1. The maximum absolute atomic E-state index is 12.5. The molecule has 1 aromatic heterocycles. The summed E-state index contributed by atoms with van der Waals surface area (Å²) >= 11 is 11.6. The van der Waals surface area contributed by atoms with Crippen LogP contribution in [0.15, 0.2) is 42.5 Å². The Balaban J connectivity index is 1.64. The first-order chi connectivity index (χ1) is 14.3. The van der Waals surface area contributed by atoms with Gasteiger partial charge < -0.3 is 10.1 Å². The van der Waals surface area contributed by atoms with E-state index in [1.54, 1.807) is 18.2 Å². The van der Waals surface area contributed by atoms with Gasteiger partial charge in [0.25, 0.3) is 0 Å². The molecule has 0 aliphatic carbocycles. The molecule has 8 heteroatoms. The van der Waals surface area contributed by atoms with Crippen LogP contribution in [-0.4, -0.2) is 27.3 Å². The zero-order chi connectivity index (χ0) is 21.7. The number of ether oxygens (including phenoxy) is 1. The van der Waals surface area contributed by atoms with Gasteiger partial charge in [-0.1, -0.05) is 49.2 Å². The molecule has 0 aliphatic heterocycles. The van der Waals surface area contributed by atoms with E-state index in [-0.39, 0.29) is 12.3 Å². The molecule has 0 atom stereocenters. The van der Waals surface area contributed by atoms with Crippen LogP contribution in [0.3, 0.4) is 0 Å². The van der Waals surface area contributed by atoms with E-state index in [1.165, 1.54) is 0 Å². The summed E-state index contributed by atoms with van der Waals surface area (Å²) in [7, 11) is 0. The highest BCUT2D eigenvalue weighted by molar-refractivity contribution is 7.71. The van der Waals surface area contributed by atoms with Crippen LogP contribution in [-0.2, 0) is 11.3 Å². The van der Waals surface area contributed by atoms with Crippen molar-refractivity contribution < 1.29 is 9.53 Å². The van der Waals surface area contributed by atoms with Crippen LogP contribution < -0.4 is 10.1 Å². The predicted molar refractivity (Wildman–Crippen MR) is 123 cm³/mol. The number of halogens is 1. The molecule has 0 spiro atoms. The molecule has 0 radical (unpaired) electrons. The van der Waals surface area contributed by atoms with Crippen molar-refractivity contribution in [2.75, 3.05) is 11.9 Å². The van der Waals surface area contributed by atoms with Gasteiger partial charge in [-0.2, -0.15) is 5.10 Å². The van der Waals surface area contributed by atoms with Gasteiger partial charge in [-0.3, -0.25) is 14.5 Å². The van der Waals surface area contributed by atoms with Gasteiger partial charge in [0.05, 0.1) is 11.6 Å². The van der Waals surface area contributed by atoms with Crippen molar-refractivity contribution in [2.24, 2.45) is 5.92 Å². The number of nitrogens with one attached hydrogen (secondary N) is 2. The molecule has 2 aromatic carbocycles. The maximum atomic E-state index is 12.5. The fourth-order valence-electron chi connectivity index (χ4n) is 2.92. The molecule has 2 N–H and O–H groups in total. The van der Waals surface area contributed by atoms with Gasteiger partial charge in [0.2, 0.25) is 5.91 Å². The summed E-state index contributed by atoms with van der Waals surface area (Å²) in [5, 5.41) is 10.5. The molecular weight excluding hydrogens is 420 g/mol. The predicted octanol–water partition coefficient (Wildman–Crippen LogP) is 5.63. The van der Waals surface area contributed by atoms with Crippen molar-refractivity contribution in [1.82, 2.24) is 14.8 Å². The summed E-state index contributed by atoms with van der Waals surface area (Å²) in [6.07, 6.45) is 0.246. The van der Waals surface area contributed by atoms with Crippen molar-refractivity contribution in [2.45, 2.75) is 33.7 Å². The average molecular weight is 445 g/mol. The second-order valence-corrected chi connectivity index (χ2v) is 8.32. The molecule has 0 saturated heterocycles. The molecule has 1 amide bonds. The Hall–Kier alpha value is -2.64. The molecule has 0 saturated carbocycles. The minimum Gasteiger partial charge on any atom is -0.492 e. The summed E-state index contributed by atoms with van der Waals surface area (Å²) in [5.41, 5.74) is 2.70. The molecule has 6 nitrogen and oxygen atoms in total. The highest BCUT2D eigenvalue weighted by Crippen LogP contribution is 2.28. The van der Waals surface area contributed by atoms with Gasteiger partial charge in [0.1, 0.15) is 5.75 Å². The fourth-order valence-corrected chi connectivity index (χ4v) is 3.38. The highest BCUT2D eigenvalue weighted by atomic mass is 35.5. The largest absolute Gasteiger partial charge is 0.492 e. The SMILES string of the molecule is Cc1cccc(-c2n[nH]c(=S)n2CCC(=O)Nc2ccc(OCC(C)C)c(Cl)c2)c1. The summed E-state index contributed by atoms with van der Waals surface area (Å²) in [4.78, 5) is 12.5. The summed E-state index contributed by atoms with van der Waals surface area (Å²) in [6, 6.07) is 13.2. The topological polar surface area (TPSA) is 71.9 Å². The van der Waals surface area contributed by atoms with Crippen LogP contribution in [0.25, 0.3) is 11.4 Å². The van der Waals surface area contributed by atoms with Crippen molar-refractivity contribution in [3.63, 3.8) is 0 Å². The second-order valence-electron chi connectivity index (χ2n) is 7.52. The summed E-state index contributed by atoms with van der Waals surface area (Å²) in [5.74, 6) is 1.59. The number of carbonyl (C=O) groups is 1. The van der Waals surface area contributed by atoms with E-state index >= 15 is 0 Å². The van der Waals surface area contributed by atoms with E-state index in [1.807, 2.05) is 35.8 Å². The van der Waals surface area contributed by atoms with Gasteiger partial charge in [-0.05, 0) is 49.3 Å². The lowest BCUT2D eigenvalue weighted by atomic mass is 10.1. The number of nitrogens with zero attached hydrogens (tertiary/aromatic N) is 2. The van der Waals surface area contributed by atoms with E-state index in [2.05, 4.69) is 29.4 Å². The Morgan fingerprint density at radius 2 is 2.10 bits per heavy atom. The molecule has 30 heavy (non-hydrogen) atoms. The third-order valence-electron chi connectivity index (χ3n) is 4.38. The van der Waals surface area contributed by atoms with Gasteiger partial charge in [-0.15, -0.1) is 0 Å². The van der Waals surface area contributed by atoms with Crippen LogP contribution >= 0.6 is 23.8 Å². The number of aromatic nitrogens is 3. The minimum absolute atomic E-state index is 0.139. The maximum Gasteiger partial charge on any atom is 0.226 e. The van der Waals surface area contributed by atoms with E-state index in [0.29, 0.717) is 46.1 Å². The Morgan fingerprint density at radius 3 is 2.80 bits per heavy atom. The Labute approximate surface area is 186 Å². The molecule has 3 rings (SSSR count). The van der Waals surface area contributed by atoms with Gasteiger partial charge in [0, 0.05) is 24.2 Å². The van der Waals surface area contributed by atoms with Crippen LogP contribution in [0.1, 0.15) is 25.8 Å². The summed E-state index contributed by atoms with van der Waals surface area (Å²) in [6.45, 7) is 7.15. The average Bonchev–Trinajstić information content (AvgIpc) is 3.06. The number of hydrogen-bond acceptors (Lipinski definition) is 4. The number of H-pyrrole nitrogens is 1. The van der Waals surface area contributed by atoms with Gasteiger partial charge in [0.15, 0.2) is 10.6 Å². The van der Waals surface area contributed by atoms with Crippen LogP contribution in [0, 0.1) is 17.6 Å². The molecule has 3 aromatic rings. The van der Waals surface area contributed by atoms with E-state index < -0.39 is 0 Å². The molecule has 0 aliphatic rings. The number of aryl methyl sites for hydroxylation is 1. The van der Waals surface area contributed by atoms with Crippen molar-refractivity contribution >= 4 is 35.4 Å². The number of rotatable bonds is 8. The zero-order valence-electron chi connectivity index (χ0n) is 17.2. The lowest BCUT2D eigenvalue weighted by Gasteiger charge is -2.12. The monoisotopic (exact) mass is 444 g/mol. The molecule has 158 valence electrons. The Kier molecular flexibility index (Phi) is 7.29. The van der Waals surface area contributed by atoms with E-state index in [0.717, 1.165) is 11.1 Å². The third kappa shape index (κ3) is 5.70. The zero-order valence-corrected chi connectivity index (χ0v) is 18.8. The lowest BCUT2D eigenvalue weighted by Crippen LogP contribution is -2.15. The fraction of sp³-hybridized carbons (Fsp3) is 0.318. The number of hydrogen-bond donors (Lipinski definition) is 2. The third-order valence-corrected chi connectivity index (χ3v) is 4.99. The quantitative estimate of drug-likeness (QED) is 0.441. The van der Waals surface area contributed by atoms with Gasteiger partial charge >= 0.3 is 0 Å².